The highest BCUT2D eigenvalue weighted by Crippen LogP contribution is 2.23. The Morgan fingerprint density at radius 3 is 2.35 bits per heavy atom. The number of rotatable bonds is 18. The number of carbonyl (C=O) groups is 1. The van der Waals surface area contributed by atoms with Gasteiger partial charge in [-0.15, -0.1) is 0 Å². The highest BCUT2D eigenvalue weighted by molar-refractivity contribution is 7.89. The molecular formula is C32H50N2O8S. The van der Waals surface area contributed by atoms with Crippen molar-refractivity contribution in [2.24, 2.45) is 0 Å². The SMILES string of the molecule is CC(=O)O.O=S(=O)(c1cccc(CCCCOCCCCCCNC[C@H](O)c2ccc(O)c(CO)c2)c1)N1CCCCC1. The molecule has 0 unspecified atom stereocenters. The Morgan fingerprint density at radius 2 is 1.65 bits per heavy atom. The van der Waals surface area contributed by atoms with Gasteiger partial charge in [0.2, 0.25) is 10.0 Å². The Kier molecular flexibility index (Phi) is 17.4. The fourth-order valence-corrected chi connectivity index (χ4v) is 6.44. The van der Waals surface area contributed by atoms with E-state index in [4.69, 9.17) is 14.6 Å². The van der Waals surface area contributed by atoms with Gasteiger partial charge in [0, 0.05) is 45.3 Å². The molecule has 0 aliphatic carbocycles. The van der Waals surface area contributed by atoms with Gasteiger partial charge in [-0.3, -0.25) is 4.79 Å². The average molecular weight is 623 g/mol. The molecule has 0 amide bonds. The molecule has 0 radical (unpaired) electrons. The number of carboxylic acid groups (broad SMARTS) is 1. The van der Waals surface area contributed by atoms with Crippen LogP contribution in [0.25, 0.3) is 0 Å². The van der Waals surface area contributed by atoms with Crippen LogP contribution in [-0.2, 0) is 32.6 Å². The summed E-state index contributed by atoms with van der Waals surface area (Å²) in [6.45, 7) is 4.80. The number of aryl methyl sites for hydroxylation is 1. The molecule has 5 N–H and O–H groups in total. The lowest BCUT2D eigenvalue weighted by molar-refractivity contribution is -0.134. The number of unbranched alkanes of at least 4 members (excludes halogenated alkanes) is 4. The topological polar surface area (TPSA) is 157 Å². The maximum Gasteiger partial charge on any atom is 0.300 e. The number of nitrogens with zero attached hydrogens (tertiary/aromatic N) is 1. The number of hydrogen-bond donors (Lipinski definition) is 5. The fourth-order valence-electron chi connectivity index (χ4n) is 4.85. The second-order valence-corrected chi connectivity index (χ2v) is 12.8. The molecule has 1 aliphatic heterocycles. The van der Waals surface area contributed by atoms with Gasteiger partial charge in [0.1, 0.15) is 5.75 Å². The molecule has 1 heterocycles. The highest BCUT2D eigenvalue weighted by Gasteiger charge is 2.25. The molecule has 1 saturated heterocycles. The number of nitrogens with one attached hydrogen (secondary N) is 1. The first kappa shape index (κ1) is 36.7. The zero-order chi connectivity index (χ0) is 31.5. The number of aliphatic hydroxyl groups excluding tert-OH is 2. The van der Waals surface area contributed by atoms with E-state index in [1.807, 2.05) is 18.2 Å². The normalized spacial score (nSPS) is 14.6. The van der Waals surface area contributed by atoms with Crippen LogP contribution in [0.1, 0.15) is 87.5 Å². The number of aromatic hydroxyl groups is 1. The zero-order valence-corrected chi connectivity index (χ0v) is 26.2. The minimum absolute atomic E-state index is 0.0362. The van der Waals surface area contributed by atoms with Gasteiger partial charge in [-0.1, -0.05) is 37.5 Å². The lowest BCUT2D eigenvalue weighted by atomic mass is 10.1. The maximum absolute atomic E-state index is 12.9. The Morgan fingerprint density at radius 1 is 0.977 bits per heavy atom. The van der Waals surface area contributed by atoms with Gasteiger partial charge in [-0.2, -0.15) is 4.31 Å². The number of aliphatic hydroxyl groups is 2. The smallest absolute Gasteiger partial charge is 0.300 e. The predicted molar refractivity (Wildman–Crippen MR) is 166 cm³/mol. The molecule has 10 nitrogen and oxygen atoms in total. The number of ether oxygens (including phenoxy) is 1. The third kappa shape index (κ3) is 14.2. The maximum atomic E-state index is 12.9. The quantitative estimate of drug-likeness (QED) is 0.152. The van der Waals surface area contributed by atoms with Crippen molar-refractivity contribution >= 4 is 16.0 Å². The van der Waals surface area contributed by atoms with Crippen molar-refractivity contribution in [1.29, 1.82) is 0 Å². The van der Waals surface area contributed by atoms with Crippen LogP contribution in [-0.4, -0.2) is 78.5 Å². The first-order chi connectivity index (χ1) is 20.6. The lowest BCUT2D eigenvalue weighted by Crippen LogP contribution is -2.35. The Bertz CT molecular complexity index is 1180. The second-order valence-electron chi connectivity index (χ2n) is 10.9. The van der Waals surface area contributed by atoms with Crippen LogP contribution in [0.15, 0.2) is 47.4 Å². The van der Waals surface area contributed by atoms with Crippen molar-refractivity contribution in [3.05, 3.63) is 59.2 Å². The van der Waals surface area contributed by atoms with E-state index in [1.165, 1.54) is 6.07 Å². The summed E-state index contributed by atoms with van der Waals surface area (Å²) < 4.78 is 33.2. The average Bonchev–Trinajstić information content (AvgIpc) is 3.00. The molecule has 0 aromatic heterocycles. The Hall–Kier alpha value is -2.54. The van der Waals surface area contributed by atoms with Gasteiger partial charge in [-0.05, 0) is 86.9 Å². The van der Waals surface area contributed by atoms with Crippen LogP contribution in [0, 0.1) is 0 Å². The van der Waals surface area contributed by atoms with Crippen LogP contribution in [0.5, 0.6) is 5.75 Å². The summed E-state index contributed by atoms with van der Waals surface area (Å²) in [6.07, 6.45) is 9.33. The van der Waals surface area contributed by atoms with Crippen molar-refractivity contribution in [2.75, 3.05) is 39.4 Å². The van der Waals surface area contributed by atoms with Gasteiger partial charge in [0.05, 0.1) is 17.6 Å². The van der Waals surface area contributed by atoms with Crippen molar-refractivity contribution < 1.29 is 38.4 Å². The number of benzene rings is 2. The molecule has 242 valence electrons. The third-order valence-corrected chi connectivity index (χ3v) is 9.14. The van der Waals surface area contributed by atoms with E-state index in [1.54, 1.807) is 22.5 Å². The Balaban J connectivity index is 0.00000151. The molecule has 2 aromatic rings. The van der Waals surface area contributed by atoms with Gasteiger partial charge in [-0.25, -0.2) is 8.42 Å². The van der Waals surface area contributed by atoms with E-state index >= 15 is 0 Å². The van der Waals surface area contributed by atoms with Gasteiger partial charge in [0.15, 0.2) is 0 Å². The number of carboxylic acids is 1. The number of phenols is 1. The van der Waals surface area contributed by atoms with Crippen molar-refractivity contribution in [3.8, 4) is 5.75 Å². The summed E-state index contributed by atoms with van der Waals surface area (Å²) in [5, 5.41) is 39.8. The van der Waals surface area contributed by atoms with Crippen molar-refractivity contribution in [2.45, 2.75) is 88.7 Å². The first-order valence-electron chi connectivity index (χ1n) is 15.3. The molecule has 0 bridgehead atoms. The van der Waals surface area contributed by atoms with E-state index in [9.17, 15) is 23.7 Å². The molecule has 11 heteroatoms. The third-order valence-electron chi connectivity index (χ3n) is 7.24. The monoisotopic (exact) mass is 622 g/mol. The number of aliphatic carboxylic acids is 1. The fraction of sp³-hybridized carbons (Fsp3) is 0.594. The van der Waals surface area contributed by atoms with Crippen LogP contribution < -0.4 is 5.32 Å². The molecule has 1 fully saturated rings. The lowest BCUT2D eigenvalue weighted by Gasteiger charge is -2.26. The van der Waals surface area contributed by atoms with Crippen molar-refractivity contribution in [1.82, 2.24) is 9.62 Å². The molecule has 2 aromatic carbocycles. The first-order valence-corrected chi connectivity index (χ1v) is 16.8. The summed E-state index contributed by atoms with van der Waals surface area (Å²) in [5.41, 5.74) is 2.16. The van der Waals surface area contributed by atoms with Crippen LogP contribution in [0.2, 0.25) is 0 Å². The minimum atomic E-state index is -3.38. The zero-order valence-electron chi connectivity index (χ0n) is 25.4. The predicted octanol–water partition coefficient (Wildman–Crippen LogP) is 4.37. The summed E-state index contributed by atoms with van der Waals surface area (Å²) in [7, 11) is -3.38. The molecule has 43 heavy (non-hydrogen) atoms. The van der Waals surface area contributed by atoms with Gasteiger partial charge < -0.3 is 30.5 Å². The van der Waals surface area contributed by atoms with Crippen LogP contribution >= 0.6 is 0 Å². The standard InChI is InChI=1S/C30H46N2O6S.C2H4O2/c33-24-27-22-26(14-15-29(27)34)30(35)23-31-16-5-1-2-8-19-38-20-9-4-11-25-12-10-13-28(21-25)39(36,37)32-17-6-3-7-18-32;1-2(3)4/h10,12-15,21-22,30-31,33-35H,1-9,11,16-20,23-24H2;1H3,(H,3,4)/t30-;/m0./s1. The van der Waals surface area contributed by atoms with Crippen LogP contribution in [0.4, 0.5) is 0 Å². The van der Waals surface area contributed by atoms with Crippen LogP contribution in [0.3, 0.4) is 0 Å². The van der Waals surface area contributed by atoms with E-state index < -0.39 is 22.1 Å². The number of hydrogen-bond acceptors (Lipinski definition) is 8. The van der Waals surface area contributed by atoms with E-state index in [-0.39, 0.29) is 12.4 Å². The molecule has 1 aliphatic rings. The van der Waals surface area contributed by atoms with Gasteiger partial charge >= 0.3 is 0 Å². The number of sulfonamides is 1. The summed E-state index contributed by atoms with van der Waals surface area (Å²) in [4.78, 5) is 9.42. The van der Waals surface area contributed by atoms with E-state index in [0.717, 1.165) is 96.5 Å². The summed E-state index contributed by atoms with van der Waals surface area (Å²) in [5.74, 6) is -0.797. The van der Waals surface area contributed by atoms with E-state index in [0.29, 0.717) is 35.7 Å². The summed E-state index contributed by atoms with van der Waals surface area (Å²) in [6, 6.07) is 12.2. The highest BCUT2D eigenvalue weighted by atomic mass is 32.2. The molecule has 0 saturated carbocycles. The molecular weight excluding hydrogens is 572 g/mol. The largest absolute Gasteiger partial charge is 0.508 e. The number of piperidine rings is 1. The molecule has 1 atom stereocenters. The molecule has 3 rings (SSSR count). The minimum Gasteiger partial charge on any atom is -0.508 e. The second kappa shape index (κ2) is 20.4. The Labute approximate surface area is 256 Å². The molecule has 0 spiro atoms. The van der Waals surface area contributed by atoms with E-state index in [2.05, 4.69) is 5.32 Å². The van der Waals surface area contributed by atoms with Crippen molar-refractivity contribution in [3.63, 3.8) is 0 Å². The summed E-state index contributed by atoms with van der Waals surface area (Å²) >= 11 is 0. The van der Waals surface area contributed by atoms with Gasteiger partial charge in [0.25, 0.3) is 5.97 Å².